The first-order valence-corrected chi connectivity index (χ1v) is 4.19. The van der Waals surface area contributed by atoms with E-state index in [9.17, 15) is 4.39 Å². The number of hydrazine groups is 1. The number of carboxylic acid groups (broad SMARTS) is 2. The highest BCUT2D eigenvalue weighted by Gasteiger charge is 2.05. The zero-order chi connectivity index (χ0) is 13.4. The zero-order valence-corrected chi connectivity index (χ0v) is 8.81. The molecular weight excluding hydrogens is 235 g/mol. The fraction of sp³-hybridized carbons (Fsp3) is 0.111. The van der Waals surface area contributed by atoms with E-state index in [2.05, 4.69) is 5.43 Å². The van der Waals surface area contributed by atoms with Crippen molar-refractivity contribution < 1.29 is 28.9 Å². The Balaban J connectivity index is 0.000000366. The Hall–Kier alpha value is -2.35. The maximum Gasteiger partial charge on any atom is 0.414 e. The fourth-order valence-electron chi connectivity index (χ4n) is 0.815. The third kappa shape index (κ3) is 4.80. The molecule has 5 N–H and O–H groups in total. The van der Waals surface area contributed by atoms with Crippen molar-refractivity contribution in [1.29, 1.82) is 0 Å². The van der Waals surface area contributed by atoms with Crippen molar-refractivity contribution >= 4 is 17.6 Å². The molecule has 17 heavy (non-hydrogen) atoms. The van der Waals surface area contributed by atoms with E-state index in [4.69, 9.17) is 30.4 Å². The number of methoxy groups -OCH3 is 1. The summed E-state index contributed by atoms with van der Waals surface area (Å²) in [4.78, 5) is 18.2. The molecule has 0 aromatic heterocycles. The average molecular weight is 246 g/mol. The highest BCUT2D eigenvalue weighted by atomic mass is 19.1. The summed E-state index contributed by atoms with van der Waals surface area (Å²) in [5.74, 6) is 1.38. The smallest absolute Gasteiger partial charge is 0.414 e. The normalized spacial score (nSPS) is 8.65. The maximum absolute atomic E-state index is 12.8. The van der Waals surface area contributed by atoms with Crippen LogP contribution >= 0.6 is 0 Å². The summed E-state index contributed by atoms with van der Waals surface area (Å²) in [6.45, 7) is 0. The van der Waals surface area contributed by atoms with Crippen molar-refractivity contribution in [3.8, 4) is 5.75 Å². The molecule has 0 atom stereocenters. The number of carbonyl (C=O) groups is 2. The lowest BCUT2D eigenvalue weighted by Crippen LogP contribution is -2.09. The van der Waals surface area contributed by atoms with E-state index in [0.29, 0.717) is 5.75 Å². The van der Waals surface area contributed by atoms with E-state index in [1.807, 2.05) is 0 Å². The summed E-state index contributed by atoms with van der Waals surface area (Å²) in [6.07, 6.45) is 0. The van der Waals surface area contributed by atoms with Gasteiger partial charge >= 0.3 is 11.9 Å². The SMILES string of the molecule is COc1cccc(F)c1NN.O=C(O)C(=O)O. The molecular formula is C9H11FN2O5. The highest BCUT2D eigenvalue weighted by Crippen LogP contribution is 2.25. The molecule has 0 amide bonds. The highest BCUT2D eigenvalue weighted by molar-refractivity contribution is 6.27. The Morgan fingerprint density at radius 3 is 2.18 bits per heavy atom. The molecule has 0 aliphatic rings. The molecule has 0 aliphatic heterocycles. The lowest BCUT2D eigenvalue weighted by molar-refractivity contribution is -0.159. The molecule has 0 radical (unpaired) electrons. The molecule has 0 heterocycles. The van der Waals surface area contributed by atoms with Crippen molar-refractivity contribution in [1.82, 2.24) is 0 Å². The number of nitrogens with two attached hydrogens (primary N) is 1. The Kier molecular flexibility index (Phi) is 6.04. The fourth-order valence-corrected chi connectivity index (χ4v) is 0.815. The molecule has 1 aromatic rings. The summed E-state index contributed by atoms with van der Waals surface area (Å²) in [5, 5.41) is 14.8. The molecule has 7 nitrogen and oxygen atoms in total. The number of carboxylic acids is 2. The summed E-state index contributed by atoms with van der Waals surface area (Å²) in [7, 11) is 1.45. The van der Waals surface area contributed by atoms with E-state index >= 15 is 0 Å². The van der Waals surface area contributed by atoms with E-state index < -0.39 is 17.8 Å². The molecule has 0 bridgehead atoms. The lowest BCUT2D eigenvalue weighted by atomic mass is 10.3. The molecule has 0 saturated carbocycles. The summed E-state index contributed by atoms with van der Waals surface area (Å²) < 4.78 is 17.6. The van der Waals surface area contributed by atoms with Crippen LogP contribution in [0.5, 0.6) is 5.75 Å². The number of aliphatic carboxylic acids is 2. The Bertz CT molecular complexity index is 398. The molecule has 94 valence electrons. The van der Waals surface area contributed by atoms with Gasteiger partial charge < -0.3 is 20.4 Å². The number of anilines is 1. The first kappa shape index (κ1) is 14.7. The van der Waals surface area contributed by atoms with Gasteiger partial charge in [-0.1, -0.05) is 6.07 Å². The van der Waals surface area contributed by atoms with E-state index in [1.165, 1.54) is 13.2 Å². The lowest BCUT2D eigenvalue weighted by Gasteiger charge is -2.06. The minimum absolute atomic E-state index is 0.176. The maximum atomic E-state index is 12.8. The molecule has 0 spiro atoms. The quantitative estimate of drug-likeness (QED) is 0.335. The summed E-state index contributed by atoms with van der Waals surface area (Å²) in [5.41, 5.74) is 2.39. The molecule has 0 fully saturated rings. The van der Waals surface area contributed by atoms with Crippen molar-refractivity contribution in [2.24, 2.45) is 5.84 Å². The average Bonchev–Trinajstić information content (AvgIpc) is 2.29. The third-order valence-electron chi connectivity index (χ3n) is 1.52. The van der Waals surface area contributed by atoms with Crippen LogP contribution < -0.4 is 16.0 Å². The number of rotatable bonds is 2. The van der Waals surface area contributed by atoms with Crippen LogP contribution in [-0.4, -0.2) is 29.3 Å². The monoisotopic (exact) mass is 246 g/mol. The summed E-state index contributed by atoms with van der Waals surface area (Å²) in [6, 6.07) is 4.48. The van der Waals surface area contributed by atoms with Gasteiger partial charge in [0.05, 0.1) is 7.11 Å². The Labute approximate surface area is 95.6 Å². The Morgan fingerprint density at radius 1 is 1.35 bits per heavy atom. The van der Waals surface area contributed by atoms with Crippen LogP contribution in [0, 0.1) is 5.82 Å². The van der Waals surface area contributed by atoms with Crippen LogP contribution in [0.3, 0.4) is 0 Å². The van der Waals surface area contributed by atoms with Gasteiger partial charge in [-0.15, -0.1) is 0 Å². The number of ether oxygens (including phenoxy) is 1. The standard InChI is InChI=1S/C7H9FN2O.C2H2O4/c1-11-6-4-2-3-5(8)7(6)10-9;3-1(4)2(5)6/h2-4,10H,9H2,1H3;(H,3,4)(H,5,6). The largest absolute Gasteiger partial charge is 0.494 e. The molecule has 1 rings (SSSR count). The van der Waals surface area contributed by atoms with Crippen LogP contribution in [-0.2, 0) is 9.59 Å². The molecule has 1 aromatic carbocycles. The predicted molar refractivity (Wildman–Crippen MR) is 56.0 cm³/mol. The second-order valence-corrected chi connectivity index (χ2v) is 2.57. The number of para-hydroxylation sites is 1. The van der Waals surface area contributed by atoms with Gasteiger partial charge in [-0.3, -0.25) is 5.84 Å². The molecule has 0 saturated heterocycles. The molecule has 8 heteroatoms. The minimum Gasteiger partial charge on any atom is -0.494 e. The van der Waals surface area contributed by atoms with Gasteiger partial charge in [0.25, 0.3) is 0 Å². The third-order valence-corrected chi connectivity index (χ3v) is 1.52. The number of nitrogens with one attached hydrogen (secondary N) is 1. The summed E-state index contributed by atoms with van der Waals surface area (Å²) >= 11 is 0. The topological polar surface area (TPSA) is 122 Å². The first-order valence-electron chi connectivity index (χ1n) is 4.19. The van der Waals surface area contributed by atoms with E-state index in [-0.39, 0.29) is 5.69 Å². The van der Waals surface area contributed by atoms with Gasteiger partial charge in [0.1, 0.15) is 11.4 Å². The van der Waals surface area contributed by atoms with Gasteiger partial charge in [-0.25, -0.2) is 14.0 Å². The van der Waals surface area contributed by atoms with E-state index in [0.717, 1.165) is 0 Å². The van der Waals surface area contributed by atoms with Crippen LogP contribution in [0.4, 0.5) is 10.1 Å². The number of hydrogen-bond acceptors (Lipinski definition) is 5. The number of halogens is 1. The van der Waals surface area contributed by atoms with E-state index in [1.54, 1.807) is 12.1 Å². The molecule has 0 aliphatic carbocycles. The van der Waals surface area contributed by atoms with Gasteiger partial charge in [-0.2, -0.15) is 0 Å². The van der Waals surface area contributed by atoms with Gasteiger partial charge in [0, 0.05) is 0 Å². The predicted octanol–water partition coefficient (Wildman–Crippen LogP) is 0.276. The second kappa shape index (κ2) is 7.01. The Morgan fingerprint density at radius 2 is 1.88 bits per heavy atom. The van der Waals surface area contributed by atoms with Crippen molar-refractivity contribution in [2.75, 3.05) is 12.5 Å². The zero-order valence-electron chi connectivity index (χ0n) is 8.81. The van der Waals surface area contributed by atoms with Crippen molar-refractivity contribution in [3.05, 3.63) is 24.0 Å². The van der Waals surface area contributed by atoms with Gasteiger partial charge in [0.15, 0.2) is 5.82 Å². The van der Waals surface area contributed by atoms with Crippen LogP contribution in [0.25, 0.3) is 0 Å². The van der Waals surface area contributed by atoms with Gasteiger partial charge in [-0.05, 0) is 12.1 Å². The van der Waals surface area contributed by atoms with Crippen LogP contribution in [0.2, 0.25) is 0 Å². The van der Waals surface area contributed by atoms with Crippen molar-refractivity contribution in [3.63, 3.8) is 0 Å². The van der Waals surface area contributed by atoms with Crippen LogP contribution in [0.15, 0.2) is 18.2 Å². The first-order chi connectivity index (χ1) is 7.93. The van der Waals surface area contributed by atoms with Crippen LogP contribution in [0.1, 0.15) is 0 Å². The molecule has 0 unspecified atom stereocenters. The van der Waals surface area contributed by atoms with Crippen molar-refractivity contribution in [2.45, 2.75) is 0 Å². The number of nitrogen functional groups attached to an aromatic ring is 1. The van der Waals surface area contributed by atoms with Gasteiger partial charge in [0.2, 0.25) is 0 Å². The second-order valence-electron chi connectivity index (χ2n) is 2.57. The number of benzene rings is 1. The number of hydrogen-bond donors (Lipinski definition) is 4. The minimum atomic E-state index is -1.82.